The summed E-state index contributed by atoms with van der Waals surface area (Å²) < 4.78 is 0. The third-order valence-corrected chi connectivity index (χ3v) is 3.57. The first-order chi connectivity index (χ1) is 10.0. The highest BCUT2D eigenvalue weighted by Gasteiger charge is 2.16. The normalized spacial score (nSPS) is 12.1. The van der Waals surface area contributed by atoms with E-state index in [1.54, 1.807) is 24.4 Å². The minimum absolute atomic E-state index is 0.0746. The zero-order valence-electron chi connectivity index (χ0n) is 11.8. The van der Waals surface area contributed by atoms with Gasteiger partial charge in [-0.1, -0.05) is 24.6 Å². The first-order valence-electron chi connectivity index (χ1n) is 6.77. The number of nitrogens with one attached hydrogen (secondary N) is 1. The summed E-state index contributed by atoms with van der Waals surface area (Å²) >= 11 is 5.84. The zero-order valence-corrected chi connectivity index (χ0v) is 12.6. The van der Waals surface area contributed by atoms with Gasteiger partial charge in [0.25, 0.3) is 0 Å². The minimum atomic E-state index is -0.951. The third kappa shape index (κ3) is 3.80. The number of nitrogens with two attached hydrogens (primary N) is 1. The number of aliphatic hydroxyl groups excluding tert-OH is 1. The molecule has 1 unspecified atom stereocenters. The Hall–Kier alpha value is -1.91. The lowest BCUT2D eigenvalue weighted by Crippen LogP contribution is -2.24. The molecule has 0 aliphatic rings. The number of nitrogen functional groups attached to an aromatic ring is 1. The van der Waals surface area contributed by atoms with E-state index < -0.39 is 6.10 Å². The number of nitrogens with zero attached hydrogens (tertiary/aromatic N) is 1. The molecule has 0 spiro atoms. The molecule has 0 saturated carbocycles. The molecule has 0 amide bonds. The Balaban J connectivity index is 2.11. The second-order valence-electron chi connectivity index (χ2n) is 4.88. The van der Waals surface area contributed by atoms with Crippen LogP contribution in [0.3, 0.4) is 0 Å². The lowest BCUT2D eigenvalue weighted by atomic mass is 10.00. The quantitative estimate of drug-likeness (QED) is 0.586. The van der Waals surface area contributed by atoms with Crippen LogP contribution in [0.15, 0.2) is 36.5 Å². The minimum Gasteiger partial charge on any atom is -0.398 e. The molecule has 0 bridgehead atoms. The van der Waals surface area contributed by atoms with Gasteiger partial charge in [-0.2, -0.15) is 0 Å². The van der Waals surface area contributed by atoms with Crippen LogP contribution in [0.1, 0.15) is 23.7 Å². The Morgan fingerprint density at radius 2 is 2.14 bits per heavy atom. The molecule has 1 heterocycles. The highest BCUT2D eigenvalue weighted by atomic mass is 35.5. The van der Waals surface area contributed by atoms with Crippen LogP contribution in [0.25, 0.3) is 0 Å². The number of aliphatic hydroxyl groups is 1. The van der Waals surface area contributed by atoms with E-state index in [1.165, 1.54) is 0 Å². The molecule has 0 radical (unpaired) electrons. The van der Waals surface area contributed by atoms with Gasteiger partial charge in [0.1, 0.15) is 6.10 Å². The summed E-state index contributed by atoms with van der Waals surface area (Å²) in [4.78, 5) is 4.29. The molecule has 0 fully saturated rings. The van der Waals surface area contributed by atoms with Gasteiger partial charge in [-0.05, 0) is 36.2 Å². The monoisotopic (exact) mass is 303 g/mol. The van der Waals surface area contributed by atoms with E-state index in [0.717, 1.165) is 17.7 Å². The summed E-state index contributed by atoms with van der Waals surface area (Å²) in [6.45, 7) is 2.06. The molecule has 21 heavy (non-hydrogen) atoms. The molecule has 4 N–H and O–H groups in total. The van der Waals surface area contributed by atoms with Gasteiger partial charge < -0.3 is 16.2 Å². The van der Waals surface area contributed by atoms with Gasteiger partial charge in [-0.15, -0.1) is 0 Å². The van der Waals surface area contributed by atoms with Crippen molar-refractivity contribution in [1.29, 1.82) is 5.41 Å². The van der Waals surface area contributed by atoms with Gasteiger partial charge in [-0.3, -0.25) is 4.98 Å². The van der Waals surface area contributed by atoms with Crippen molar-refractivity contribution in [3.8, 4) is 0 Å². The second-order valence-corrected chi connectivity index (χ2v) is 5.31. The van der Waals surface area contributed by atoms with Crippen LogP contribution in [0, 0.1) is 5.41 Å². The number of hydrogen-bond acceptors (Lipinski definition) is 4. The van der Waals surface area contributed by atoms with Gasteiger partial charge in [0.15, 0.2) is 0 Å². The number of pyridine rings is 1. The fourth-order valence-corrected chi connectivity index (χ4v) is 2.22. The van der Waals surface area contributed by atoms with Crippen molar-refractivity contribution in [1.82, 2.24) is 4.98 Å². The molecule has 4 nitrogen and oxygen atoms in total. The van der Waals surface area contributed by atoms with Crippen LogP contribution in [-0.4, -0.2) is 21.9 Å². The van der Waals surface area contributed by atoms with Crippen LogP contribution < -0.4 is 5.73 Å². The SMILES string of the molecule is CCc1ccc(CC(O)C(=N)c2ccc(Cl)cc2N)nc1. The predicted molar refractivity (Wildman–Crippen MR) is 86.0 cm³/mol. The largest absolute Gasteiger partial charge is 0.398 e. The Labute approximate surface area is 129 Å². The maximum atomic E-state index is 10.2. The van der Waals surface area contributed by atoms with Crippen LogP contribution in [0.2, 0.25) is 5.02 Å². The highest BCUT2D eigenvalue weighted by molar-refractivity contribution is 6.31. The van der Waals surface area contributed by atoms with E-state index in [4.69, 9.17) is 22.7 Å². The lowest BCUT2D eigenvalue weighted by Gasteiger charge is -2.14. The van der Waals surface area contributed by atoms with Crippen LogP contribution in [0.5, 0.6) is 0 Å². The van der Waals surface area contributed by atoms with Crippen molar-refractivity contribution >= 4 is 23.0 Å². The number of hydrogen-bond donors (Lipinski definition) is 3. The Bertz CT molecular complexity index is 640. The zero-order chi connectivity index (χ0) is 15.4. The summed E-state index contributed by atoms with van der Waals surface area (Å²) in [5.41, 5.74) is 8.69. The van der Waals surface area contributed by atoms with E-state index in [9.17, 15) is 5.11 Å². The smallest absolute Gasteiger partial charge is 0.101 e. The van der Waals surface area contributed by atoms with Crippen molar-refractivity contribution in [2.24, 2.45) is 0 Å². The summed E-state index contributed by atoms with van der Waals surface area (Å²) in [6.07, 6.45) is 2.05. The molecule has 5 heteroatoms. The number of aryl methyl sites for hydroxylation is 1. The van der Waals surface area contributed by atoms with Gasteiger partial charge in [0.2, 0.25) is 0 Å². The third-order valence-electron chi connectivity index (χ3n) is 3.33. The maximum Gasteiger partial charge on any atom is 0.101 e. The number of rotatable bonds is 5. The van der Waals surface area contributed by atoms with Gasteiger partial charge >= 0.3 is 0 Å². The summed E-state index contributed by atoms with van der Waals surface area (Å²) in [6, 6.07) is 8.74. The predicted octanol–water partition coefficient (Wildman–Crippen LogP) is 2.85. The van der Waals surface area contributed by atoms with E-state index in [0.29, 0.717) is 16.3 Å². The molecule has 0 aliphatic carbocycles. The van der Waals surface area contributed by atoms with Crippen molar-refractivity contribution in [2.75, 3.05) is 5.73 Å². The molecular formula is C16H18ClN3O. The fourth-order valence-electron chi connectivity index (χ4n) is 2.04. The molecule has 0 saturated heterocycles. The number of anilines is 1. The maximum absolute atomic E-state index is 10.2. The Kier molecular flexibility index (Phi) is 4.94. The lowest BCUT2D eigenvalue weighted by molar-refractivity contribution is 0.240. The highest BCUT2D eigenvalue weighted by Crippen LogP contribution is 2.20. The van der Waals surface area contributed by atoms with Crippen LogP contribution >= 0.6 is 11.6 Å². The number of halogens is 1. The molecular weight excluding hydrogens is 286 g/mol. The van der Waals surface area contributed by atoms with E-state index in [-0.39, 0.29) is 12.1 Å². The van der Waals surface area contributed by atoms with Crippen molar-refractivity contribution in [3.63, 3.8) is 0 Å². The van der Waals surface area contributed by atoms with Crippen LogP contribution in [0.4, 0.5) is 5.69 Å². The average Bonchev–Trinajstić information content (AvgIpc) is 2.47. The first kappa shape index (κ1) is 15.5. The van der Waals surface area contributed by atoms with Crippen molar-refractivity contribution in [3.05, 3.63) is 58.4 Å². The topological polar surface area (TPSA) is 83.0 Å². The molecule has 1 atom stereocenters. The van der Waals surface area contributed by atoms with Gasteiger partial charge in [0.05, 0.1) is 5.71 Å². The first-order valence-corrected chi connectivity index (χ1v) is 7.14. The Morgan fingerprint density at radius 3 is 2.71 bits per heavy atom. The van der Waals surface area contributed by atoms with E-state index in [2.05, 4.69) is 11.9 Å². The fraction of sp³-hybridized carbons (Fsp3) is 0.250. The summed E-state index contributed by atoms with van der Waals surface area (Å²) in [5, 5.41) is 18.8. The molecule has 0 aliphatic heterocycles. The van der Waals surface area contributed by atoms with Gasteiger partial charge in [-0.25, -0.2) is 0 Å². The van der Waals surface area contributed by atoms with Crippen molar-refractivity contribution in [2.45, 2.75) is 25.9 Å². The standard InChI is InChI=1S/C16H18ClN3O/c1-2-10-3-5-12(20-9-10)8-15(21)16(19)13-6-4-11(17)7-14(13)18/h3-7,9,15,19,21H,2,8,18H2,1H3. The van der Waals surface area contributed by atoms with Gasteiger partial charge in [0, 0.05) is 34.6 Å². The molecule has 1 aromatic heterocycles. The summed E-state index contributed by atoms with van der Waals surface area (Å²) in [7, 11) is 0. The number of aromatic nitrogens is 1. The van der Waals surface area contributed by atoms with Crippen molar-refractivity contribution < 1.29 is 5.11 Å². The molecule has 2 aromatic rings. The second kappa shape index (κ2) is 6.70. The molecule has 110 valence electrons. The average molecular weight is 304 g/mol. The Morgan fingerprint density at radius 1 is 1.38 bits per heavy atom. The van der Waals surface area contributed by atoms with Crippen LogP contribution in [-0.2, 0) is 12.8 Å². The molecule has 2 rings (SSSR count). The summed E-state index contributed by atoms with van der Waals surface area (Å²) in [5.74, 6) is 0. The number of benzene rings is 1. The molecule has 1 aromatic carbocycles. The van der Waals surface area contributed by atoms with E-state index in [1.807, 2.05) is 12.1 Å². The van der Waals surface area contributed by atoms with E-state index >= 15 is 0 Å².